The highest BCUT2D eigenvalue weighted by atomic mass is 35.5. The SMILES string of the molecule is Cc1ccc(Cl)cc1N1COc2ccc3ccccc3c2C1. The van der Waals surface area contributed by atoms with E-state index in [-0.39, 0.29) is 0 Å². The fourth-order valence-electron chi connectivity index (χ4n) is 3.08. The topological polar surface area (TPSA) is 12.5 Å². The van der Waals surface area contributed by atoms with Crippen LogP contribution in [0.5, 0.6) is 5.75 Å². The van der Waals surface area contributed by atoms with Gasteiger partial charge in [-0.1, -0.05) is 48.0 Å². The zero-order valence-corrected chi connectivity index (χ0v) is 13.1. The molecular formula is C19H16ClNO. The van der Waals surface area contributed by atoms with Crippen molar-refractivity contribution < 1.29 is 4.74 Å². The Morgan fingerprint density at radius 1 is 1.05 bits per heavy atom. The number of halogens is 1. The van der Waals surface area contributed by atoms with Crippen molar-refractivity contribution in [2.45, 2.75) is 13.5 Å². The number of ether oxygens (including phenoxy) is 1. The molecule has 110 valence electrons. The third kappa shape index (κ3) is 2.20. The number of nitrogens with zero attached hydrogens (tertiary/aromatic N) is 1. The molecule has 0 spiro atoms. The number of anilines is 1. The maximum Gasteiger partial charge on any atom is 0.161 e. The van der Waals surface area contributed by atoms with Gasteiger partial charge < -0.3 is 9.64 Å². The van der Waals surface area contributed by atoms with Gasteiger partial charge in [0.1, 0.15) is 5.75 Å². The minimum absolute atomic E-state index is 0.548. The second kappa shape index (κ2) is 5.22. The van der Waals surface area contributed by atoms with Crippen molar-refractivity contribution in [2.24, 2.45) is 0 Å². The van der Waals surface area contributed by atoms with Crippen molar-refractivity contribution in [3.8, 4) is 5.75 Å². The molecule has 0 saturated heterocycles. The molecule has 1 aliphatic rings. The number of aryl methyl sites for hydroxylation is 1. The van der Waals surface area contributed by atoms with Crippen LogP contribution in [-0.2, 0) is 6.54 Å². The molecule has 0 bridgehead atoms. The van der Waals surface area contributed by atoms with Crippen molar-refractivity contribution in [3.63, 3.8) is 0 Å². The van der Waals surface area contributed by atoms with Crippen LogP contribution in [0, 0.1) is 6.92 Å². The molecule has 0 N–H and O–H groups in total. The van der Waals surface area contributed by atoms with Gasteiger partial charge in [-0.05, 0) is 41.5 Å². The van der Waals surface area contributed by atoms with Gasteiger partial charge in [0.15, 0.2) is 6.73 Å². The predicted octanol–water partition coefficient (Wildman–Crippen LogP) is 5.16. The Labute approximate surface area is 134 Å². The molecule has 4 rings (SSSR count). The van der Waals surface area contributed by atoms with E-state index in [1.165, 1.54) is 21.9 Å². The minimum Gasteiger partial charge on any atom is -0.473 e. The number of hydrogen-bond acceptors (Lipinski definition) is 2. The first-order valence-electron chi connectivity index (χ1n) is 7.37. The van der Waals surface area contributed by atoms with E-state index in [2.05, 4.69) is 54.3 Å². The van der Waals surface area contributed by atoms with E-state index in [9.17, 15) is 0 Å². The van der Waals surface area contributed by atoms with Crippen molar-refractivity contribution in [2.75, 3.05) is 11.6 Å². The van der Waals surface area contributed by atoms with Crippen LogP contribution in [0.1, 0.15) is 11.1 Å². The summed E-state index contributed by atoms with van der Waals surface area (Å²) in [6, 6.07) is 18.6. The van der Waals surface area contributed by atoms with Crippen LogP contribution < -0.4 is 9.64 Å². The highest BCUT2D eigenvalue weighted by molar-refractivity contribution is 6.30. The molecule has 3 heteroatoms. The summed E-state index contributed by atoms with van der Waals surface area (Å²) in [5, 5.41) is 3.25. The van der Waals surface area contributed by atoms with Crippen molar-refractivity contribution in [1.29, 1.82) is 0 Å². The van der Waals surface area contributed by atoms with Crippen LogP contribution in [0.15, 0.2) is 54.6 Å². The number of benzene rings is 3. The van der Waals surface area contributed by atoms with Crippen LogP contribution in [0.25, 0.3) is 10.8 Å². The second-order valence-electron chi connectivity index (χ2n) is 5.67. The molecule has 2 nitrogen and oxygen atoms in total. The van der Waals surface area contributed by atoms with Gasteiger partial charge in [-0.15, -0.1) is 0 Å². The van der Waals surface area contributed by atoms with Gasteiger partial charge in [-0.2, -0.15) is 0 Å². The minimum atomic E-state index is 0.548. The molecule has 3 aromatic carbocycles. The predicted molar refractivity (Wildman–Crippen MR) is 91.8 cm³/mol. The molecule has 0 amide bonds. The lowest BCUT2D eigenvalue weighted by molar-refractivity contribution is 0.290. The molecule has 0 aliphatic carbocycles. The number of hydrogen-bond donors (Lipinski definition) is 0. The molecule has 0 unspecified atom stereocenters. The summed E-state index contributed by atoms with van der Waals surface area (Å²) >= 11 is 6.16. The van der Waals surface area contributed by atoms with Crippen LogP contribution in [-0.4, -0.2) is 6.73 Å². The molecule has 0 radical (unpaired) electrons. The Morgan fingerprint density at radius 3 is 2.82 bits per heavy atom. The van der Waals surface area contributed by atoms with Gasteiger partial charge in [-0.3, -0.25) is 0 Å². The lowest BCUT2D eigenvalue weighted by Crippen LogP contribution is -2.32. The lowest BCUT2D eigenvalue weighted by atomic mass is 10.0. The first-order valence-corrected chi connectivity index (χ1v) is 7.75. The fourth-order valence-corrected chi connectivity index (χ4v) is 3.24. The van der Waals surface area contributed by atoms with Gasteiger partial charge in [-0.25, -0.2) is 0 Å². The van der Waals surface area contributed by atoms with Crippen LogP contribution in [0.4, 0.5) is 5.69 Å². The van der Waals surface area contributed by atoms with Gasteiger partial charge in [0.2, 0.25) is 0 Å². The molecule has 0 atom stereocenters. The molecule has 3 aromatic rings. The van der Waals surface area contributed by atoms with E-state index in [1.807, 2.05) is 12.1 Å². The first-order chi connectivity index (χ1) is 10.7. The average molecular weight is 310 g/mol. The standard InChI is InChI=1S/C19H16ClNO/c1-13-6-8-15(20)10-18(13)21-11-17-16-5-3-2-4-14(16)7-9-19(17)22-12-21/h2-10H,11-12H2,1H3. The smallest absolute Gasteiger partial charge is 0.161 e. The van der Waals surface area contributed by atoms with Crippen LogP contribution in [0.3, 0.4) is 0 Å². The van der Waals surface area contributed by atoms with E-state index in [0.717, 1.165) is 23.0 Å². The number of rotatable bonds is 1. The highest BCUT2D eigenvalue weighted by Crippen LogP contribution is 2.35. The summed E-state index contributed by atoms with van der Waals surface area (Å²) in [5.74, 6) is 0.981. The van der Waals surface area contributed by atoms with Gasteiger partial charge in [0, 0.05) is 16.3 Å². The average Bonchev–Trinajstić information content (AvgIpc) is 2.56. The van der Waals surface area contributed by atoms with Crippen molar-refractivity contribution in [3.05, 3.63) is 70.7 Å². The third-order valence-corrected chi connectivity index (χ3v) is 4.47. The van der Waals surface area contributed by atoms with Gasteiger partial charge in [0.25, 0.3) is 0 Å². The monoisotopic (exact) mass is 309 g/mol. The highest BCUT2D eigenvalue weighted by Gasteiger charge is 2.21. The van der Waals surface area contributed by atoms with E-state index in [4.69, 9.17) is 16.3 Å². The van der Waals surface area contributed by atoms with Gasteiger partial charge >= 0.3 is 0 Å². The summed E-state index contributed by atoms with van der Waals surface area (Å²) in [6.07, 6.45) is 0. The van der Waals surface area contributed by atoms with E-state index >= 15 is 0 Å². The second-order valence-corrected chi connectivity index (χ2v) is 6.10. The van der Waals surface area contributed by atoms with Crippen LogP contribution >= 0.6 is 11.6 Å². The normalized spacial score (nSPS) is 13.8. The molecular weight excluding hydrogens is 294 g/mol. The van der Waals surface area contributed by atoms with E-state index in [0.29, 0.717) is 6.73 Å². The molecule has 0 aromatic heterocycles. The maximum absolute atomic E-state index is 6.16. The zero-order valence-electron chi connectivity index (χ0n) is 12.3. The quantitative estimate of drug-likeness (QED) is 0.616. The van der Waals surface area contributed by atoms with Crippen molar-refractivity contribution in [1.82, 2.24) is 0 Å². The lowest BCUT2D eigenvalue weighted by Gasteiger charge is -2.32. The Bertz CT molecular complexity index is 859. The molecule has 22 heavy (non-hydrogen) atoms. The molecule has 0 fully saturated rings. The summed E-state index contributed by atoms with van der Waals surface area (Å²) in [4.78, 5) is 2.23. The summed E-state index contributed by atoms with van der Waals surface area (Å²) in [7, 11) is 0. The Hall–Kier alpha value is -2.19. The Kier molecular flexibility index (Phi) is 3.20. The maximum atomic E-state index is 6.16. The third-order valence-electron chi connectivity index (χ3n) is 4.23. The zero-order chi connectivity index (χ0) is 15.1. The summed E-state index contributed by atoms with van der Waals surface area (Å²) < 4.78 is 5.98. The largest absolute Gasteiger partial charge is 0.473 e. The van der Waals surface area contributed by atoms with Crippen LogP contribution in [0.2, 0.25) is 5.02 Å². The van der Waals surface area contributed by atoms with E-state index < -0.39 is 0 Å². The molecule has 1 heterocycles. The molecule has 0 saturated carbocycles. The van der Waals surface area contributed by atoms with Crippen molar-refractivity contribution >= 4 is 28.1 Å². The summed E-state index contributed by atoms with van der Waals surface area (Å²) in [5.41, 5.74) is 3.58. The Balaban J connectivity index is 1.80. The van der Waals surface area contributed by atoms with Gasteiger partial charge in [0.05, 0.1) is 6.54 Å². The fraction of sp³-hybridized carbons (Fsp3) is 0.158. The molecule has 1 aliphatic heterocycles. The number of fused-ring (bicyclic) bond motifs is 3. The first kappa shape index (κ1) is 13.5. The van der Waals surface area contributed by atoms with E-state index in [1.54, 1.807) is 0 Å². The Morgan fingerprint density at radius 2 is 1.91 bits per heavy atom. The summed E-state index contributed by atoms with van der Waals surface area (Å²) in [6.45, 7) is 3.48.